The van der Waals surface area contributed by atoms with E-state index < -0.39 is 6.04 Å². The van der Waals surface area contributed by atoms with Gasteiger partial charge in [-0.2, -0.15) is 0 Å². The van der Waals surface area contributed by atoms with Gasteiger partial charge in [-0.25, -0.2) is 0 Å². The first kappa shape index (κ1) is 24.7. The van der Waals surface area contributed by atoms with Crippen molar-refractivity contribution in [2.45, 2.75) is 83.1 Å². The lowest BCUT2D eigenvalue weighted by Gasteiger charge is -2.43. The zero-order chi connectivity index (χ0) is 23.1. The van der Waals surface area contributed by atoms with Crippen LogP contribution in [0.2, 0.25) is 0 Å². The molecule has 1 heterocycles. The Kier molecular flexibility index (Phi) is 9.08. The molecule has 2 amide bonds. The summed E-state index contributed by atoms with van der Waals surface area (Å²) in [5.74, 6) is -0.0513. The van der Waals surface area contributed by atoms with Crippen LogP contribution in [0.3, 0.4) is 0 Å². The largest absolute Gasteiger partial charge is 0.383 e. The number of rotatable bonds is 8. The number of hydrogen-bond donors (Lipinski definition) is 2. The second-order valence-electron chi connectivity index (χ2n) is 9.42. The van der Waals surface area contributed by atoms with E-state index in [0.29, 0.717) is 19.6 Å². The third kappa shape index (κ3) is 6.53. The van der Waals surface area contributed by atoms with Crippen LogP contribution in [0, 0.1) is 6.92 Å². The number of hydrogen-bond acceptors (Lipinski definition) is 5. The Morgan fingerprint density at radius 3 is 2.56 bits per heavy atom. The molecule has 1 saturated heterocycles. The summed E-state index contributed by atoms with van der Waals surface area (Å²) in [5, 5.41) is 3.22. The summed E-state index contributed by atoms with van der Waals surface area (Å²) in [7, 11) is 1.72. The summed E-state index contributed by atoms with van der Waals surface area (Å²) in [6.07, 6.45) is 5.21. The summed E-state index contributed by atoms with van der Waals surface area (Å²) in [6, 6.07) is 8.62. The molecule has 0 aromatic heterocycles. The van der Waals surface area contributed by atoms with Gasteiger partial charge in [-0.3, -0.25) is 14.5 Å². The number of methoxy groups -OCH3 is 1. The normalized spacial score (nSPS) is 26.2. The highest BCUT2D eigenvalue weighted by Gasteiger charge is 2.38. The van der Waals surface area contributed by atoms with Gasteiger partial charge in [0, 0.05) is 51.8 Å². The van der Waals surface area contributed by atoms with E-state index in [0.717, 1.165) is 45.2 Å². The standard InChI is InChI=1S/C25H40N4O3/c1-18-6-4-5-7-20(18)17-28(14-15-32-3)23-12-13-29(19(2)30)24(16-23)25(31)27-22-10-8-21(26)9-11-22/h4-7,21-24H,8-17,26H2,1-3H3,(H,27,31)/t21?,22?,23?,24-/m1/s1. The predicted octanol–water partition coefficient (Wildman–Crippen LogP) is 2.21. The molecule has 2 atom stereocenters. The monoisotopic (exact) mass is 444 g/mol. The van der Waals surface area contributed by atoms with Crippen molar-refractivity contribution in [2.75, 3.05) is 26.8 Å². The Balaban J connectivity index is 1.71. The molecule has 1 aromatic rings. The van der Waals surface area contributed by atoms with E-state index in [1.807, 2.05) is 0 Å². The van der Waals surface area contributed by atoms with Gasteiger partial charge < -0.3 is 20.7 Å². The van der Waals surface area contributed by atoms with Crippen molar-refractivity contribution < 1.29 is 14.3 Å². The van der Waals surface area contributed by atoms with Crippen LogP contribution < -0.4 is 11.1 Å². The number of benzene rings is 1. The summed E-state index contributed by atoms with van der Waals surface area (Å²) < 4.78 is 5.38. The molecule has 2 aliphatic rings. The first-order valence-corrected chi connectivity index (χ1v) is 12.0. The van der Waals surface area contributed by atoms with Gasteiger partial charge in [0.15, 0.2) is 0 Å². The third-order valence-electron chi connectivity index (χ3n) is 7.13. The van der Waals surface area contributed by atoms with Crippen LogP contribution in [-0.2, 0) is 20.9 Å². The van der Waals surface area contributed by atoms with Gasteiger partial charge in [-0.15, -0.1) is 0 Å². The average Bonchev–Trinajstić information content (AvgIpc) is 2.79. The van der Waals surface area contributed by atoms with Crippen LogP contribution >= 0.6 is 0 Å². The van der Waals surface area contributed by atoms with Gasteiger partial charge in [-0.05, 0) is 56.6 Å². The number of piperidine rings is 1. The van der Waals surface area contributed by atoms with Crippen LogP contribution in [0.5, 0.6) is 0 Å². The van der Waals surface area contributed by atoms with Gasteiger partial charge in [0.25, 0.3) is 0 Å². The quantitative estimate of drug-likeness (QED) is 0.642. The number of likely N-dealkylation sites (tertiary alicyclic amines) is 1. The van der Waals surface area contributed by atoms with Crippen molar-refractivity contribution in [1.29, 1.82) is 0 Å². The zero-order valence-electron chi connectivity index (χ0n) is 19.9. The van der Waals surface area contributed by atoms with Crippen molar-refractivity contribution in [1.82, 2.24) is 15.1 Å². The smallest absolute Gasteiger partial charge is 0.243 e. The molecule has 7 heteroatoms. The minimum atomic E-state index is -0.427. The fourth-order valence-electron chi connectivity index (χ4n) is 5.07. The summed E-state index contributed by atoms with van der Waals surface area (Å²) in [5.41, 5.74) is 8.57. The first-order valence-electron chi connectivity index (χ1n) is 12.0. The lowest BCUT2D eigenvalue weighted by molar-refractivity contribution is -0.142. The van der Waals surface area contributed by atoms with E-state index >= 15 is 0 Å². The van der Waals surface area contributed by atoms with E-state index in [1.54, 1.807) is 18.9 Å². The minimum Gasteiger partial charge on any atom is -0.383 e. The zero-order valence-corrected chi connectivity index (χ0v) is 19.9. The molecule has 32 heavy (non-hydrogen) atoms. The molecule has 0 radical (unpaired) electrons. The predicted molar refractivity (Wildman–Crippen MR) is 126 cm³/mol. The van der Waals surface area contributed by atoms with E-state index in [2.05, 4.69) is 41.4 Å². The Labute approximate surface area is 192 Å². The molecule has 0 spiro atoms. The maximum absolute atomic E-state index is 13.3. The highest BCUT2D eigenvalue weighted by molar-refractivity contribution is 5.87. The number of ether oxygens (including phenoxy) is 1. The SMILES string of the molecule is COCCN(Cc1ccccc1C)C1CCN(C(C)=O)[C@@H](C(=O)NC2CCC(N)CC2)C1. The van der Waals surface area contributed by atoms with Gasteiger partial charge in [0.2, 0.25) is 11.8 Å². The second kappa shape index (κ2) is 11.8. The van der Waals surface area contributed by atoms with Crippen molar-refractivity contribution in [3.8, 4) is 0 Å². The van der Waals surface area contributed by atoms with Crippen LogP contribution in [0.1, 0.15) is 56.6 Å². The molecule has 2 fully saturated rings. The molecule has 1 aromatic carbocycles. The Bertz CT molecular complexity index is 763. The molecule has 1 saturated carbocycles. The van der Waals surface area contributed by atoms with E-state index in [9.17, 15) is 9.59 Å². The van der Waals surface area contributed by atoms with Crippen molar-refractivity contribution in [3.63, 3.8) is 0 Å². The Hall–Kier alpha value is -1.96. The van der Waals surface area contributed by atoms with Gasteiger partial charge in [0.05, 0.1) is 6.61 Å². The molecule has 3 rings (SSSR count). The van der Waals surface area contributed by atoms with Crippen molar-refractivity contribution >= 4 is 11.8 Å². The fraction of sp³-hybridized carbons (Fsp3) is 0.680. The highest BCUT2D eigenvalue weighted by atomic mass is 16.5. The van der Waals surface area contributed by atoms with Crippen LogP contribution in [0.4, 0.5) is 0 Å². The number of amides is 2. The van der Waals surface area contributed by atoms with Gasteiger partial charge in [-0.1, -0.05) is 24.3 Å². The highest BCUT2D eigenvalue weighted by Crippen LogP contribution is 2.26. The maximum atomic E-state index is 13.3. The number of nitrogens with one attached hydrogen (secondary N) is 1. The average molecular weight is 445 g/mol. The molecule has 1 aliphatic carbocycles. The molecule has 0 bridgehead atoms. The molecule has 3 N–H and O–H groups in total. The molecular formula is C25H40N4O3. The number of carbonyl (C=O) groups excluding carboxylic acids is 2. The second-order valence-corrected chi connectivity index (χ2v) is 9.42. The van der Waals surface area contributed by atoms with Crippen LogP contribution in [0.25, 0.3) is 0 Å². The minimum absolute atomic E-state index is 0.0204. The summed E-state index contributed by atoms with van der Waals surface area (Å²) in [6.45, 7) is 6.55. The summed E-state index contributed by atoms with van der Waals surface area (Å²) in [4.78, 5) is 29.8. The van der Waals surface area contributed by atoms with Crippen LogP contribution in [-0.4, -0.2) is 72.6 Å². The molecular weight excluding hydrogens is 404 g/mol. The van der Waals surface area contributed by atoms with E-state index in [4.69, 9.17) is 10.5 Å². The third-order valence-corrected chi connectivity index (χ3v) is 7.13. The van der Waals surface area contributed by atoms with E-state index in [1.165, 1.54) is 11.1 Å². The Morgan fingerprint density at radius 1 is 1.19 bits per heavy atom. The lowest BCUT2D eigenvalue weighted by atomic mass is 9.90. The molecule has 7 nitrogen and oxygen atoms in total. The molecule has 1 unspecified atom stereocenters. The summed E-state index contributed by atoms with van der Waals surface area (Å²) >= 11 is 0. The fourth-order valence-corrected chi connectivity index (χ4v) is 5.07. The van der Waals surface area contributed by atoms with E-state index in [-0.39, 0.29) is 29.9 Å². The maximum Gasteiger partial charge on any atom is 0.243 e. The first-order chi connectivity index (χ1) is 15.4. The lowest BCUT2D eigenvalue weighted by Crippen LogP contribution is -2.58. The van der Waals surface area contributed by atoms with Gasteiger partial charge in [0.1, 0.15) is 6.04 Å². The Morgan fingerprint density at radius 2 is 1.91 bits per heavy atom. The van der Waals surface area contributed by atoms with Crippen molar-refractivity contribution in [3.05, 3.63) is 35.4 Å². The van der Waals surface area contributed by atoms with Crippen molar-refractivity contribution in [2.24, 2.45) is 5.73 Å². The molecule has 178 valence electrons. The number of nitrogens with two attached hydrogens (primary N) is 1. The van der Waals surface area contributed by atoms with Gasteiger partial charge >= 0.3 is 0 Å². The number of aryl methyl sites for hydroxylation is 1. The number of nitrogens with zero attached hydrogens (tertiary/aromatic N) is 2. The number of carbonyl (C=O) groups is 2. The van der Waals surface area contributed by atoms with Crippen LogP contribution in [0.15, 0.2) is 24.3 Å². The molecule has 1 aliphatic heterocycles. The topological polar surface area (TPSA) is 87.9 Å².